The molecular weight excluding hydrogens is 140 g/mol. The van der Waals surface area contributed by atoms with Gasteiger partial charge >= 0.3 is 0 Å². The van der Waals surface area contributed by atoms with Crippen molar-refractivity contribution in [3.63, 3.8) is 0 Å². The summed E-state index contributed by atoms with van der Waals surface area (Å²) in [4.78, 5) is 0. The van der Waals surface area contributed by atoms with E-state index in [2.05, 4.69) is 6.58 Å². The van der Waals surface area contributed by atoms with Crippen molar-refractivity contribution in [2.45, 2.75) is 12.8 Å². The van der Waals surface area contributed by atoms with Gasteiger partial charge in [-0.1, -0.05) is 6.58 Å². The Hall–Kier alpha value is -1.02. The van der Waals surface area contributed by atoms with Gasteiger partial charge in [0.2, 0.25) is 0 Å². The molecule has 0 bridgehead atoms. The molecule has 0 spiro atoms. The van der Waals surface area contributed by atoms with Crippen LogP contribution in [0.15, 0.2) is 29.6 Å². The van der Waals surface area contributed by atoms with E-state index in [0.717, 1.165) is 24.0 Å². The van der Waals surface area contributed by atoms with Gasteiger partial charge in [-0.05, 0) is 24.5 Å². The van der Waals surface area contributed by atoms with Crippen LogP contribution in [0.5, 0.6) is 0 Å². The first kappa shape index (κ1) is 8.08. The van der Waals surface area contributed by atoms with Crippen LogP contribution in [-0.2, 0) is 0 Å². The second-order valence-corrected chi connectivity index (χ2v) is 2.44. The zero-order chi connectivity index (χ0) is 8.10. The van der Waals surface area contributed by atoms with Gasteiger partial charge in [0.15, 0.2) is 0 Å². The summed E-state index contributed by atoms with van der Waals surface area (Å²) in [6.07, 6.45) is 4.89. The van der Waals surface area contributed by atoms with Crippen molar-refractivity contribution in [2.24, 2.45) is 0 Å². The molecule has 1 aromatic heterocycles. The number of aliphatic hydroxyl groups is 1. The van der Waals surface area contributed by atoms with Gasteiger partial charge in [-0.2, -0.15) is 0 Å². The van der Waals surface area contributed by atoms with E-state index in [1.807, 2.05) is 6.07 Å². The van der Waals surface area contributed by atoms with Gasteiger partial charge in [0, 0.05) is 12.2 Å². The molecule has 0 fully saturated rings. The monoisotopic (exact) mass is 152 g/mol. The molecule has 0 radical (unpaired) electrons. The summed E-state index contributed by atoms with van der Waals surface area (Å²) < 4.78 is 4.89. The molecule has 0 aliphatic heterocycles. The molecule has 2 heteroatoms. The highest BCUT2D eigenvalue weighted by atomic mass is 16.3. The Kier molecular flexibility index (Phi) is 2.93. The van der Waals surface area contributed by atoms with Crippen LogP contribution >= 0.6 is 0 Å². The van der Waals surface area contributed by atoms with Crippen molar-refractivity contribution >= 4 is 5.57 Å². The van der Waals surface area contributed by atoms with Crippen molar-refractivity contribution in [3.05, 3.63) is 30.7 Å². The Labute approximate surface area is 66.2 Å². The highest BCUT2D eigenvalue weighted by Gasteiger charge is 1.98. The highest BCUT2D eigenvalue weighted by Crippen LogP contribution is 2.17. The molecule has 0 amide bonds. The largest absolute Gasteiger partial charge is 0.472 e. The lowest BCUT2D eigenvalue weighted by atomic mass is 10.1. The van der Waals surface area contributed by atoms with Crippen LogP contribution in [0.3, 0.4) is 0 Å². The fourth-order valence-electron chi connectivity index (χ4n) is 0.902. The van der Waals surface area contributed by atoms with Crippen LogP contribution in [0.2, 0.25) is 0 Å². The Morgan fingerprint density at radius 1 is 1.64 bits per heavy atom. The predicted octanol–water partition coefficient (Wildman–Crippen LogP) is 2.07. The van der Waals surface area contributed by atoms with Crippen molar-refractivity contribution < 1.29 is 9.52 Å². The SMILES string of the molecule is C=C(CCCO)c1ccoc1. The third kappa shape index (κ3) is 2.24. The first-order valence-electron chi connectivity index (χ1n) is 3.66. The number of rotatable bonds is 4. The van der Waals surface area contributed by atoms with E-state index in [1.54, 1.807) is 12.5 Å². The van der Waals surface area contributed by atoms with E-state index in [1.165, 1.54) is 0 Å². The molecule has 0 atom stereocenters. The van der Waals surface area contributed by atoms with Gasteiger partial charge in [0.05, 0.1) is 12.5 Å². The van der Waals surface area contributed by atoms with Crippen molar-refractivity contribution in [1.29, 1.82) is 0 Å². The lowest BCUT2D eigenvalue weighted by Gasteiger charge is -1.98. The Morgan fingerprint density at radius 3 is 3.00 bits per heavy atom. The van der Waals surface area contributed by atoms with E-state index in [-0.39, 0.29) is 6.61 Å². The fourth-order valence-corrected chi connectivity index (χ4v) is 0.902. The van der Waals surface area contributed by atoms with Crippen molar-refractivity contribution in [3.8, 4) is 0 Å². The Morgan fingerprint density at radius 2 is 2.45 bits per heavy atom. The first-order valence-corrected chi connectivity index (χ1v) is 3.66. The van der Waals surface area contributed by atoms with Crippen LogP contribution in [0.25, 0.3) is 5.57 Å². The number of furan rings is 1. The molecule has 0 aliphatic carbocycles. The van der Waals surface area contributed by atoms with Crippen molar-refractivity contribution in [2.75, 3.05) is 6.61 Å². The average molecular weight is 152 g/mol. The number of hydrogen-bond acceptors (Lipinski definition) is 2. The smallest absolute Gasteiger partial charge is 0.0977 e. The van der Waals surface area contributed by atoms with Gasteiger partial charge in [-0.15, -0.1) is 0 Å². The number of hydrogen-bond donors (Lipinski definition) is 1. The second kappa shape index (κ2) is 3.98. The van der Waals surface area contributed by atoms with Crippen molar-refractivity contribution in [1.82, 2.24) is 0 Å². The molecule has 60 valence electrons. The Balaban J connectivity index is 2.43. The topological polar surface area (TPSA) is 33.4 Å². The minimum atomic E-state index is 0.219. The van der Waals surface area contributed by atoms with Crippen LogP contribution in [0.1, 0.15) is 18.4 Å². The van der Waals surface area contributed by atoms with E-state index >= 15 is 0 Å². The summed E-state index contributed by atoms with van der Waals surface area (Å²) in [5.41, 5.74) is 2.05. The minimum absolute atomic E-state index is 0.219. The molecule has 0 aliphatic rings. The quantitative estimate of drug-likeness (QED) is 0.716. The molecule has 1 N–H and O–H groups in total. The van der Waals surface area contributed by atoms with Gasteiger partial charge in [-0.25, -0.2) is 0 Å². The molecule has 0 aromatic carbocycles. The summed E-state index contributed by atoms with van der Waals surface area (Å²) in [6.45, 7) is 4.08. The van der Waals surface area contributed by atoms with E-state index < -0.39 is 0 Å². The van der Waals surface area contributed by atoms with E-state index in [0.29, 0.717) is 0 Å². The molecule has 0 saturated heterocycles. The summed E-state index contributed by atoms with van der Waals surface area (Å²) in [5.74, 6) is 0. The Bertz CT molecular complexity index is 211. The number of allylic oxidation sites excluding steroid dienone is 1. The zero-order valence-corrected chi connectivity index (χ0v) is 6.42. The summed E-state index contributed by atoms with van der Waals surface area (Å²) in [5, 5.41) is 8.55. The normalized spacial score (nSPS) is 9.91. The van der Waals surface area contributed by atoms with Crippen LogP contribution in [0, 0.1) is 0 Å². The molecule has 1 heterocycles. The zero-order valence-electron chi connectivity index (χ0n) is 6.42. The predicted molar refractivity (Wildman–Crippen MR) is 44.1 cm³/mol. The van der Waals surface area contributed by atoms with E-state index in [9.17, 15) is 0 Å². The van der Waals surface area contributed by atoms with Gasteiger partial charge < -0.3 is 9.52 Å². The van der Waals surface area contributed by atoms with Crippen LogP contribution < -0.4 is 0 Å². The molecule has 0 saturated carbocycles. The van der Waals surface area contributed by atoms with Crippen LogP contribution in [0.4, 0.5) is 0 Å². The highest BCUT2D eigenvalue weighted by molar-refractivity contribution is 5.61. The maximum absolute atomic E-state index is 8.55. The van der Waals surface area contributed by atoms with Gasteiger partial charge in [0.25, 0.3) is 0 Å². The van der Waals surface area contributed by atoms with Crippen LogP contribution in [-0.4, -0.2) is 11.7 Å². The lowest BCUT2D eigenvalue weighted by molar-refractivity contribution is 0.290. The molecule has 1 rings (SSSR count). The summed E-state index contributed by atoms with van der Waals surface area (Å²) in [7, 11) is 0. The molecule has 0 unspecified atom stereocenters. The first-order chi connectivity index (χ1) is 5.34. The molecular formula is C9H12O2. The van der Waals surface area contributed by atoms with Gasteiger partial charge in [-0.3, -0.25) is 0 Å². The molecule has 2 nitrogen and oxygen atoms in total. The molecule has 11 heavy (non-hydrogen) atoms. The van der Waals surface area contributed by atoms with E-state index in [4.69, 9.17) is 9.52 Å². The second-order valence-electron chi connectivity index (χ2n) is 2.44. The maximum atomic E-state index is 8.55. The fraction of sp³-hybridized carbons (Fsp3) is 0.333. The lowest BCUT2D eigenvalue weighted by Crippen LogP contribution is -1.84. The third-order valence-corrected chi connectivity index (χ3v) is 1.57. The average Bonchev–Trinajstić information content (AvgIpc) is 2.52. The molecule has 1 aromatic rings. The maximum Gasteiger partial charge on any atom is 0.0977 e. The summed E-state index contributed by atoms with van der Waals surface area (Å²) >= 11 is 0. The third-order valence-electron chi connectivity index (χ3n) is 1.57. The standard InChI is InChI=1S/C9H12O2/c1-8(3-2-5-10)9-4-6-11-7-9/h4,6-7,10H,1-3,5H2. The minimum Gasteiger partial charge on any atom is -0.472 e. The number of aliphatic hydroxyl groups excluding tert-OH is 1. The summed E-state index contributed by atoms with van der Waals surface area (Å²) in [6, 6.07) is 1.87. The van der Waals surface area contributed by atoms with Gasteiger partial charge in [0.1, 0.15) is 0 Å².